The lowest BCUT2D eigenvalue weighted by molar-refractivity contribution is 0.275. The van der Waals surface area contributed by atoms with E-state index >= 15 is 0 Å². The van der Waals surface area contributed by atoms with Crippen LogP contribution in [0.1, 0.15) is 0 Å². The minimum atomic E-state index is -2.11. The number of nitrogens with zero attached hydrogens (tertiary/aromatic N) is 2. The molecular weight excluding hydrogens is 227 g/mol. The van der Waals surface area contributed by atoms with E-state index in [1.807, 2.05) is 0 Å². The van der Waals surface area contributed by atoms with Crippen LogP contribution in [0.5, 0.6) is 0 Å². The van der Waals surface area contributed by atoms with Crippen LogP contribution in [-0.4, -0.2) is 38.7 Å². The first kappa shape index (κ1) is 14.8. The Balaban J connectivity index is 3.44. The van der Waals surface area contributed by atoms with Gasteiger partial charge in [0, 0.05) is 17.0 Å². The third-order valence-electron chi connectivity index (χ3n) is 1.24. The van der Waals surface area contributed by atoms with Crippen LogP contribution >= 0.6 is 8.25 Å². The van der Waals surface area contributed by atoms with Gasteiger partial charge >= 0.3 is 8.25 Å². The maximum atomic E-state index is 11.0. The Morgan fingerprint density at radius 3 is 1.81 bits per heavy atom. The molecule has 5 nitrogen and oxygen atoms in total. The first-order valence-corrected chi connectivity index (χ1v) is 5.82. The van der Waals surface area contributed by atoms with E-state index in [1.54, 1.807) is 12.2 Å². The normalized spacial score (nSPS) is 12.1. The number of rotatable bonds is 10. The van der Waals surface area contributed by atoms with Gasteiger partial charge in [-0.2, -0.15) is 0 Å². The Hall–Kier alpha value is -1.16. The highest BCUT2D eigenvalue weighted by Gasteiger charge is 2.17. The van der Waals surface area contributed by atoms with Gasteiger partial charge in [-0.25, -0.2) is 0 Å². The molecule has 0 aliphatic carbocycles. The van der Waals surface area contributed by atoms with Crippen LogP contribution in [0.2, 0.25) is 0 Å². The average molecular weight is 243 g/mol. The van der Waals surface area contributed by atoms with Crippen molar-refractivity contribution in [1.82, 2.24) is 0 Å². The molecule has 0 aromatic heterocycles. The van der Waals surface area contributed by atoms with E-state index in [-0.39, 0.29) is 13.2 Å². The van der Waals surface area contributed by atoms with E-state index in [4.69, 9.17) is 9.05 Å². The molecule has 0 saturated heterocycles. The van der Waals surface area contributed by atoms with Crippen molar-refractivity contribution in [2.75, 3.05) is 26.3 Å². The predicted octanol–water partition coefficient (Wildman–Crippen LogP) is 2.19. The van der Waals surface area contributed by atoms with Crippen LogP contribution in [-0.2, 0) is 13.6 Å². The van der Waals surface area contributed by atoms with Gasteiger partial charge < -0.3 is 0 Å². The summed E-state index contributed by atoms with van der Waals surface area (Å²) in [5, 5.41) is 0. The van der Waals surface area contributed by atoms with Crippen molar-refractivity contribution >= 4 is 20.7 Å². The van der Waals surface area contributed by atoms with Crippen molar-refractivity contribution < 1.29 is 13.6 Å². The second-order valence-electron chi connectivity index (χ2n) is 2.49. The van der Waals surface area contributed by atoms with Crippen LogP contribution in [0.3, 0.4) is 0 Å². The quantitative estimate of drug-likeness (QED) is 0.335. The molecule has 88 valence electrons. The summed E-state index contributed by atoms with van der Waals surface area (Å²) in [6.45, 7) is 8.37. The van der Waals surface area contributed by atoms with Gasteiger partial charge in [-0.15, -0.1) is 22.2 Å². The Bertz CT molecular complexity index is 251. The Morgan fingerprint density at radius 1 is 1.00 bits per heavy atom. The predicted molar refractivity (Wildman–Crippen MR) is 66.6 cm³/mol. The summed E-state index contributed by atoms with van der Waals surface area (Å²) in [6, 6.07) is 0. The molecule has 0 aromatic rings. The highest BCUT2D eigenvalue weighted by molar-refractivity contribution is 7.33. The molecule has 0 amide bonds. The fourth-order valence-corrected chi connectivity index (χ4v) is 1.08. The van der Waals surface area contributed by atoms with Gasteiger partial charge in [-0.1, -0.05) is 12.2 Å². The first-order valence-electron chi connectivity index (χ1n) is 4.72. The lowest BCUT2D eigenvalue weighted by atomic mass is 10.6. The lowest BCUT2D eigenvalue weighted by Gasteiger charge is -1.85. The third kappa shape index (κ3) is 10.9. The zero-order valence-electron chi connectivity index (χ0n) is 9.12. The van der Waals surface area contributed by atoms with Crippen molar-refractivity contribution in [2.24, 2.45) is 9.98 Å². The molecule has 0 bridgehead atoms. The van der Waals surface area contributed by atoms with E-state index in [2.05, 4.69) is 23.1 Å². The van der Waals surface area contributed by atoms with E-state index in [0.29, 0.717) is 13.1 Å². The topological polar surface area (TPSA) is 60.2 Å². The van der Waals surface area contributed by atoms with Crippen molar-refractivity contribution in [2.45, 2.75) is 0 Å². The minimum Gasteiger partial charge on any atom is -0.291 e. The molecule has 0 spiro atoms. The van der Waals surface area contributed by atoms with E-state index < -0.39 is 8.25 Å². The summed E-state index contributed by atoms with van der Waals surface area (Å²) in [5.41, 5.74) is 0. The smallest absolute Gasteiger partial charge is 0.291 e. The largest absolute Gasteiger partial charge is 0.698 e. The second-order valence-corrected chi connectivity index (χ2v) is 3.45. The van der Waals surface area contributed by atoms with Crippen molar-refractivity contribution in [3.8, 4) is 0 Å². The molecule has 0 saturated carbocycles. The van der Waals surface area contributed by atoms with Crippen LogP contribution in [0.25, 0.3) is 0 Å². The van der Waals surface area contributed by atoms with E-state index in [9.17, 15) is 4.57 Å². The monoisotopic (exact) mass is 243 g/mol. The molecule has 0 aromatic carbocycles. The first-order chi connectivity index (χ1) is 7.81. The van der Waals surface area contributed by atoms with E-state index in [1.165, 1.54) is 12.4 Å². The molecule has 0 fully saturated rings. The van der Waals surface area contributed by atoms with Crippen LogP contribution in [0.15, 0.2) is 35.3 Å². The van der Waals surface area contributed by atoms with Crippen molar-refractivity contribution in [1.29, 1.82) is 0 Å². The zero-order chi connectivity index (χ0) is 12.1. The SMILES string of the molecule is C=CCN=CCO[P+](=O)OCC=NCC=C. The minimum absolute atomic E-state index is 0.160. The highest BCUT2D eigenvalue weighted by atomic mass is 31.1. The van der Waals surface area contributed by atoms with Gasteiger partial charge in [-0.05, 0) is 0 Å². The Morgan fingerprint density at radius 2 is 1.44 bits per heavy atom. The fourth-order valence-electron chi connectivity index (χ4n) is 0.629. The molecular formula is C10H16N2O3P+. The fraction of sp³-hybridized carbons (Fsp3) is 0.400. The van der Waals surface area contributed by atoms with Gasteiger partial charge in [0.05, 0.1) is 13.1 Å². The van der Waals surface area contributed by atoms with Crippen molar-refractivity contribution in [3.05, 3.63) is 25.3 Å². The molecule has 0 heterocycles. The summed E-state index contributed by atoms with van der Waals surface area (Å²) < 4.78 is 20.7. The standard InChI is InChI=1S/C10H16N2O3P/c1-3-5-11-7-9-14-16(13)15-10-8-12-6-4-2/h3-4,7-8H,1-2,5-6,9-10H2/q+1. The van der Waals surface area contributed by atoms with E-state index in [0.717, 1.165) is 0 Å². The summed E-state index contributed by atoms with van der Waals surface area (Å²) in [6.07, 6.45) is 6.35. The Labute approximate surface area is 96.5 Å². The molecule has 16 heavy (non-hydrogen) atoms. The van der Waals surface area contributed by atoms with Gasteiger partial charge in [-0.3, -0.25) is 9.98 Å². The van der Waals surface area contributed by atoms with Crippen LogP contribution < -0.4 is 0 Å². The Kier molecular flexibility index (Phi) is 11.0. The molecule has 0 rings (SSSR count). The van der Waals surface area contributed by atoms with Gasteiger partial charge in [0.2, 0.25) is 0 Å². The van der Waals surface area contributed by atoms with Crippen LogP contribution in [0.4, 0.5) is 0 Å². The highest BCUT2D eigenvalue weighted by Crippen LogP contribution is 2.21. The summed E-state index contributed by atoms with van der Waals surface area (Å²) in [5.74, 6) is 0. The summed E-state index contributed by atoms with van der Waals surface area (Å²) >= 11 is 0. The maximum Gasteiger partial charge on any atom is 0.698 e. The molecule has 0 N–H and O–H groups in total. The van der Waals surface area contributed by atoms with Gasteiger partial charge in [0.1, 0.15) is 13.2 Å². The molecule has 0 atom stereocenters. The van der Waals surface area contributed by atoms with Crippen LogP contribution in [0, 0.1) is 0 Å². The average Bonchev–Trinajstić information content (AvgIpc) is 2.28. The molecule has 0 aliphatic rings. The third-order valence-corrected chi connectivity index (χ3v) is 1.96. The number of hydrogen-bond acceptors (Lipinski definition) is 5. The lowest BCUT2D eigenvalue weighted by Crippen LogP contribution is -1.93. The molecule has 0 radical (unpaired) electrons. The molecule has 0 unspecified atom stereocenters. The summed E-state index contributed by atoms with van der Waals surface area (Å²) in [4.78, 5) is 7.79. The maximum absolute atomic E-state index is 11.0. The second kappa shape index (κ2) is 11.9. The molecule has 0 aliphatic heterocycles. The zero-order valence-corrected chi connectivity index (χ0v) is 10.0. The molecule has 6 heteroatoms. The summed E-state index contributed by atoms with van der Waals surface area (Å²) in [7, 11) is -2.11. The van der Waals surface area contributed by atoms with Gasteiger partial charge in [0.25, 0.3) is 0 Å². The number of aliphatic imine (C=N–C) groups is 2. The van der Waals surface area contributed by atoms with Crippen molar-refractivity contribution in [3.63, 3.8) is 0 Å². The van der Waals surface area contributed by atoms with Gasteiger partial charge in [0.15, 0.2) is 0 Å². The number of hydrogen-bond donors (Lipinski definition) is 0.